The molecule has 1 amide bonds. The number of hydrogen-bond acceptors (Lipinski definition) is 3. The maximum Gasteiger partial charge on any atom is 0.263 e. The van der Waals surface area contributed by atoms with Crippen LogP contribution in [0.1, 0.15) is 5.56 Å². The van der Waals surface area contributed by atoms with Crippen molar-refractivity contribution >= 4 is 29.1 Å². The number of carbonyl (C=O) groups is 1. The molecule has 4 nitrogen and oxygen atoms in total. The predicted molar refractivity (Wildman–Crippen MR) is 75.7 cm³/mol. The summed E-state index contributed by atoms with van der Waals surface area (Å²) in [5.41, 5.74) is 0.919. The Morgan fingerprint density at radius 1 is 1.37 bits per heavy atom. The van der Waals surface area contributed by atoms with Crippen LogP contribution in [0.25, 0.3) is 0 Å². The molecule has 0 bridgehead atoms. The third-order valence-corrected chi connectivity index (χ3v) is 2.66. The van der Waals surface area contributed by atoms with Crippen molar-refractivity contribution in [1.29, 1.82) is 5.26 Å². The second-order valence-corrected chi connectivity index (χ2v) is 4.44. The average Bonchev–Trinajstić information content (AvgIpc) is 2.43. The summed E-state index contributed by atoms with van der Waals surface area (Å²) >= 11 is 11.2. The lowest BCUT2D eigenvalue weighted by atomic mass is 10.2. The maximum absolute atomic E-state index is 11.7. The van der Waals surface area contributed by atoms with Gasteiger partial charge in [-0.15, -0.1) is 11.6 Å². The highest BCUT2D eigenvalue weighted by molar-refractivity contribution is 6.30. The van der Waals surface area contributed by atoms with Crippen LogP contribution >= 0.6 is 23.2 Å². The van der Waals surface area contributed by atoms with E-state index in [2.05, 4.69) is 10.6 Å². The molecule has 0 saturated heterocycles. The Balaban J connectivity index is 2.51. The van der Waals surface area contributed by atoms with E-state index in [1.165, 1.54) is 6.20 Å². The van der Waals surface area contributed by atoms with Gasteiger partial charge in [-0.05, 0) is 17.7 Å². The quantitative estimate of drug-likeness (QED) is 0.366. The largest absolute Gasteiger partial charge is 0.388 e. The number of benzene rings is 1. The summed E-state index contributed by atoms with van der Waals surface area (Å²) in [6.45, 7) is 0.835. The van der Waals surface area contributed by atoms with Gasteiger partial charge in [-0.1, -0.05) is 23.7 Å². The zero-order valence-electron chi connectivity index (χ0n) is 10.1. The predicted octanol–water partition coefficient (Wildman–Crippen LogP) is 2.19. The molecule has 0 radical (unpaired) electrons. The zero-order chi connectivity index (χ0) is 14.1. The molecule has 100 valence electrons. The highest BCUT2D eigenvalue weighted by Crippen LogP contribution is 2.09. The molecule has 0 aliphatic rings. The van der Waals surface area contributed by atoms with E-state index in [4.69, 9.17) is 28.5 Å². The van der Waals surface area contributed by atoms with E-state index >= 15 is 0 Å². The third-order valence-electron chi connectivity index (χ3n) is 2.22. The normalized spacial score (nSPS) is 10.7. The van der Waals surface area contributed by atoms with Crippen LogP contribution in [0.15, 0.2) is 36.0 Å². The minimum absolute atomic E-state index is 0.0130. The minimum Gasteiger partial charge on any atom is -0.388 e. The van der Waals surface area contributed by atoms with Crippen molar-refractivity contribution in [3.8, 4) is 6.07 Å². The number of amides is 1. The number of alkyl halides is 1. The lowest BCUT2D eigenvalue weighted by molar-refractivity contribution is -0.117. The van der Waals surface area contributed by atoms with Crippen molar-refractivity contribution in [3.05, 3.63) is 46.6 Å². The summed E-state index contributed by atoms with van der Waals surface area (Å²) in [6, 6.07) is 8.93. The van der Waals surface area contributed by atoms with Crippen molar-refractivity contribution in [2.75, 3.05) is 12.4 Å². The van der Waals surface area contributed by atoms with Gasteiger partial charge in [0.25, 0.3) is 5.91 Å². The molecule has 0 fully saturated rings. The molecule has 0 aliphatic carbocycles. The van der Waals surface area contributed by atoms with Gasteiger partial charge in [0.15, 0.2) is 0 Å². The van der Waals surface area contributed by atoms with Crippen LogP contribution in [-0.4, -0.2) is 18.3 Å². The summed E-state index contributed by atoms with van der Waals surface area (Å²) in [7, 11) is 0. The lowest BCUT2D eigenvalue weighted by Crippen LogP contribution is -2.25. The molecule has 1 aromatic carbocycles. The number of nitrogens with zero attached hydrogens (tertiary/aromatic N) is 1. The number of rotatable bonds is 6. The van der Waals surface area contributed by atoms with E-state index in [0.29, 0.717) is 24.0 Å². The first-order valence-corrected chi connectivity index (χ1v) is 6.51. The van der Waals surface area contributed by atoms with Crippen LogP contribution in [0.4, 0.5) is 0 Å². The molecule has 1 rings (SSSR count). The third kappa shape index (κ3) is 5.64. The molecule has 19 heavy (non-hydrogen) atoms. The van der Waals surface area contributed by atoms with E-state index in [0.717, 1.165) is 5.56 Å². The Morgan fingerprint density at radius 2 is 2.05 bits per heavy atom. The van der Waals surface area contributed by atoms with Gasteiger partial charge in [-0.3, -0.25) is 4.79 Å². The maximum atomic E-state index is 11.7. The van der Waals surface area contributed by atoms with Crippen LogP contribution in [-0.2, 0) is 11.3 Å². The molecule has 0 aromatic heterocycles. The Labute approximate surface area is 122 Å². The Bertz CT molecular complexity index is 492. The fourth-order valence-corrected chi connectivity index (χ4v) is 1.49. The Morgan fingerprint density at radius 3 is 2.63 bits per heavy atom. The molecular weight excluding hydrogens is 285 g/mol. The molecular formula is C13H13Cl2N3O. The molecule has 0 saturated carbocycles. The van der Waals surface area contributed by atoms with Crippen molar-refractivity contribution in [2.24, 2.45) is 0 Å². The first-order chi connectivity index (χ1) is 9.17. The first-order valence-electron chi connectivity index (χ1n) is 5.59. The van der Waals surface area contributed by atoms with Crippen LogP contribution in [0.3, 0.4) is 0 Å². The van der Waals surface area contributed by atoms with Crippen LogP contribution < -0.4 is 10.6 Å². The number of carbonyl (C=O) groups excluding carboxylic acids is 1. The van der Waals surface area contributed by atoms with Gasteiger partial charge >= 0.3 is 0 Å². The molecule has 1 aromatic rings. The summed E-state index contributed by atoms with van der Waals surface area (Å²) in [6.07, 6.45) is 1.36. The number of hydrogen-bond donors (Lipinski definition) is 2. The Kier molecular flexibility index (Phi) is 6.80. The van der Waals surface area contributed by atoms with Crippen LogP contribution in [0, 0.1) is 11.3 Å². The van der Waals surface area contributed by atoms with Gasteiger partial charge in [-0.25, -0.2) is 0 Å². The summed E-state index contributed by atoms with van der Waals surface area (Å²) in [5, 5.41) is 14.9. The summed E-state index contributed by atoms with van der Waals surface area (Å²) < 4.78 is 0. The van der Waals surface area contributed by atoms with Gasteiger partial charge in [0.1, 0.15) is 11.6 Å². The molecule has 0 unspecified atom stereocenters. The second-order valence-electron chi connectivity index (χ2n) is 3.62. The smallest absolute Gasteiger partial charge is 0.263 e. The standard InChI is InChI=1S/C13H13Cl2N3O/c14-5-6-17-9-11(7-16)13(19)18-8-10-1-3-12(15)4-2-10/h1-4,9,17H,5-6,8H2,(H,18,19)/b11-9-. The Hall–Kier alpha value is -1.70. The fourth-order valence-electron chi connectivity index (χ4n) is 1.26. The van der Waals surface area contributed by atoms with Crippen molar-refractivity contribution in [1.82, 2.24) is 10.6 Å². The SMILES string of the molecule is N#C/C(=C/NCCCl)C(=O)NCc1ccc(Cl)cc1. The molecule has 6 heteroatoms. The highest BCUT2D eigenvalue weighted by atomic mass is 35.5. The molecule has 0 spiro atoms. The van der Waals surface area contributed by atoms with Crippen molar-refractivity contribution < 1.29 is 4.79 Å². The topological polar surface area (TPSA) is 64.9 Å². The molecule has 0 aliphatic heterocycles. The van der Waals surface area contributed by atoms with E-state index in [1.807, 2.05) is 18.2 Å². The fraction of sp³-hybridized carbons (Fsp3) is 0.231. The number of nitrogens with one attached hydrogen (secondary N) is 2. The first kappa shape index (κ1) is 15.4. The van der Waals surface area contributed by atoms with Crippen LogP contribution in [0.2, 0.25) is 5.02 Å². The van der Waals surface area contributed by atoms with Gasteiger partial charge in [0.05, 0.1) is 0 Å². The molecule has 0 atom stereocenters. The monoisotopic (exact) mass is 297 g/mol. The average molecular weight is 298 g/mol. The second kappa shape index (κ2) is 8.41. The van der Waals surface area contributed by atoms with Gasteiger partial charge in [0, 0.05) is 30.2 Å². The van der Waals surface area contributed by atoms with E-state index in [1.54, 1.807) is 12.1 Å². The van der Waals surface area contributed by atoms with Gasteiger partial charge < -0.3 is 10.6 Å². The van der Waals surface area contributed by atoms with Gasteiger partial charge in [0.2, 0.25) is 0 Å². The minimum atomic E-state index is -0.431. The lowest BCUT2D eigenvalue weighted by Gasteiger charge is -2.05. The highest BCUT2D eigenvalue weighted by Gasteiger charge is 2.07. The van der Waals surface area contributed by atoms with Crippen molar-refractivity contribution in [2.45, 2.75) is 6.54 Å². The molecule has 0 heterocycles. The molecule has 2 N–H and O–H groups in total. The van der Waals surface area contributed by atoms with E-state index in [9.17, 15) is 4.79 Å². The number of halogens is 2. The summed E-state index contributed by atoms with van der Waals surface area (Å²) in [5.74, 6) is -0.0266. The van der Waals surface area contributed by atoms with Crippen molar-refractivity contribution in [3.63, 3.8) is 0 Å². The number of nitriles is 1. The van der Waals surface area contributed by atoms with Gasteiger partial charge in [-0.2, -0.15) is 5.26 Å². The zero-order valence-corrected chi connectivity index (χ0v) is 11.6. The van der Waals surface area contributed by atoms with E-state index < -0.39 is 5.91 Å². The summed E-state index contributed by atoms with van der Waals surface area (Å²) in [4.78, 5) is 11.7. The van der Waals surface area contributed by atoms with Crippen LogP contribution in [0.5, 0.6) is 0 Å². The van der Waals surface area contributed by atoms with E-state index in [-0.39, 0.29) is 5.57 Å².